The third-order valence-electron chi connectivity index (χ3n) is 4.43. The van der Waals surface area contributed by atoms with Crippen LogP contribution in [-0.2, 0) is 6.54 Å². The van der Waals surface area contributed by atoms with Crippen molar-refractivity contribution < 1.29 is 18.7 Å². The number of aliphatic hydroxyl groups is 1. The van der Waals surface area contributed by atoms with Gasteiger partial charge in [-0.2, -0.15) is 5.10 Å². The van der Waals surface area contributed by atoms with Crippen LogP contribution in [0.1, 0.15) is 23.8 Å². The highest BCUT2D eigenvalue weighted by atomic mass is 19.3. The Morgan fingerprint density at radius 3 is 2.82 bits per heavy atom. The first kappa shape index (κ1) is 15.4. The van der Waals surface area contributed by atoms with Gasteiger partial charge in [-0.05, 0) is 13.0 Å². The molecule has 0 bridgehead atoms. The molecule has 0 unspecified atom stereocenters. The Morgan fingerprint density at radius 1 is 1.50 bits per heavy atom. The molecule has 3 heterocycles. The number of amides is 1. The number of likely N-dealkylation sites (tertiary alicyclic amines) is 2. The molecule has 2 saturated heterocycles. The number of carbonyl (C=O) groups is 1. The first-order valence-electron chi connectivity index (χ1n) is 7.50. The molecule has 1 aromatic heterocycles. The minimum atomic E-state index is -2.75. The first-order valence-corrected chi connectivity index (χ1v) is 7.50. The van der Waals surface area contributed by atoms with Crippen LogP contribution in [0.4, 0.5) is 8.78 Å². The molecule has 0 saturated carbocycles. The van der Waals surface area contributed by atoms with Crippen molar-refractivity contribution in [1.29, 1.82) is 0 Å². The molecular weight excluding hydrogens is 294 g/mol. The molecule has 0 spiro atoms. The number of aromatic nitrogens is 2. The van der Waals surface area contributed by atoms with Crippen LogP contribution in [-0.4, -0.2) is 74.8 Å². The highest BCUT2D eigenvalue weighted by Crippen LogP contribution is 2.35. The zero-order valence-electron chi connectivity index (χ0n) is 12.5. The fourth-order valence-corrected chi connectivity index (χ4v) is 3.16. The number of alkyl halides is 2. The molecule has 2 aliphatic heterocycles. The topological polar surface area (TPSA) is 61.6 Å². The van der Waals surface area contributed by atoms with E-state index in [0.717, 1.165) is 0 Å². The number of rotatable bonds is 4. The predicted octanol–water partition coefficient (Wildman–Crippen LogP) is 0.429. The molecule has 3 rings (SSSR count). The number of halogens is 2. The Morgan fingerprint density at radius 2 is 2.23 bits per heavy atom. The molecule has 2 fully saturated rings. The van der Waals surface area contributed by atoms with E-state index in [1.807, 2.05) is 6.92 Å². The molecule has 0 radical (unpaired) electrons. The van der Waals surface area contributed by atoms with Crippen molar-refractivity contribution in [2.45, 2.75) is 37.9 Å². The zero-order chi connectivity index (χ0) is 15.9. The minimum absolute atomic E-state index is 0.109. The maximum absolute atomic E-state index is 13.5. The lowest BCUT2D eigenvalue weighted by Crippen LogP contribution is -2.62. The molecule has 22 heavy (non-hydrogen) atoms. The van der Waals surface area contributed by atoms with E-state index in [1.54, 1.807) is 26.7 Å². The largest absolute Gasteiger partial charge is 0.395 e. The number of aryl methyl sites for hydroxylation is 1. The summed E-state index contributed by atoms with van der Waals surface area (Å²) in [6, 6.07) is 1.04. The van der Waals surface area contributed by atoms with Crippen LogP contribution in [0.2, 0.25) is 0 Å². The second-order valence-electron chi connectivity index (χ2n) is 5.99. The summed E-state index contributed by atoms with van der Waals surface area (Å²) in [5.41, 5.74) is 0.380. The Kier molecular flexibility index (Phi) is 3.90. The van der Waals surface area contributed by atoms with Gasteiger partial charge in [-0.3, -0.25) is 14.4 Å². The van der Waals surface area contributed by atoms with Crippen LogP contribution in [0, 0.1) is 0 Å². The quantitative estimate of drug-likeness (QED) is 0.875. The highest BCUT2D eigenvalue weighted by molar-refractivity contribution is 5.92. The molecule has 1 amide bonds. The van der Waals surface area contributed by atoms with E-state index in [1.165, 1.54) is 0 Å². The van der Waals surface area contributed by atoms with Gasteiger partial charge >= 0.3 is 0 Å². The lowest BCUT2D eigenvalue weighted by molar-refractivity contribution is -0.0126. The average Bonchev–Trinajstić information content (AvgIpc) is 3.01. The van der Waals surface area contributed by atoms with Crippen LogP contribution in [0.5, 0.6) is 0 Å². The van der Waals surface area contributed by atoms with Gasteiger partial charge in [0.15, 0.2) is 0 Å². The zero-order valence-corrected chi connectivity index (χ0v) is 12.5. The Bertz CT molecular complexity index is 557. The monoisotopic (exact) mass is 314 g/mol. The summed E-state index contributed by atoms with van der Waals surface area (Å²) >= 11 is 0. The van der Waals surface area contributed by atoms with E-state index in [2.05, 4.69) is 5.10 Å². The molecule has 8 heteroatoms. The van der Waals surface area contributed by atoms with E-state index in [4.69, 9.17) is 0 Å². The SMILES string of the molecule is CCn1ccc(C(=O)N2CC(N3CC(F)(F)C[C@H]3CO)C2)n1. The number of aliphatic hydroxyl groups excluding tert-OH is 1. The molecule has 122 valence electrons. The van der Waals surface area contributed by atoms with E-state index in [-0.39, 0.29) is 31.5 Å². The lowest BCUT2D eigenvalue weighted by Gasteiger charge is -2.45. The van der Waals surface area contributed by atoms with Crippen molar-refractivity contribution >= 4 is 5.91 Å². The fraction of sp³-hybridized carbons (Fsp3) is 0.714. The van der Waals surface area contributed by atoms with Crippen LogP contribution >= 0.6 is 0 Å². The minimum Gasteiger partial charge on any atom is -0.395 e. The molecule has 0 aromatic carbocycles. The number of nitrogens with zero attached hydrogens (tertiary/aromatic N) is 4. The van der Waals surface area contributed by atoms with Gasteiger partial charge in [0.25, 0.3) is 11.8 Å². The van der Waals surface area contributed by atoms with Gasteiger partial charge in [-0.1, -0.05) is 0 Å². The summed E-state index contributed by atoms with van der Waals surface area (Å²) in [6.07, 6.45) is 1.43. The number of hydrogen-bond donors (Lipinski definition) is 1. The van der Waals surface area contributed by atoms with Crippen molar-refractivity contribution in [3.63, 3.8) is 0 Å². The third kappa shape index (κ3) is 2.72. The van der Waals surface area contributed by atoms with E-state index < -0.39 is 12.0 Å². The molecule has 6 nitrogen and oxygen atoms in total. The smallest absolute Gasteiger partial charge is 0.274 e. The van der Waals surface area contributed by atoms with Gasteiger partial charge in [-0.25, -0.2) is 8.78 Å². The lowest BCUT2D eigenvalue weighted by atomic mass is 10.1. The van der Waals surface area contributed by atoms with Crippen LogP contribution in [0.25, 0.3) is 0 Å². The highest BCUT2D eigenvalue weighted by Gasteiger charge is 2.50. The van der Waals surface area contributed by atoms with E-state index in [9.17, 15) is 18.7 Å². The summed E-state index contributed by atoms with van der Waals surface area (Å²) < 4.78 is 28.6. The summed E-state index contributed by atoms with van der Waals surface area (Å²) in [5.74, 6) is -2.92. The molecule has 2 aliphatic rings. The van der Waals surface area contributed by atoms with Crippen molar-refractivity contribution in [2.24, 2.45) is 0 Å². The van der Waals surface area contributed by atoms with Crippen molar-refractivity contribution in [3.05, 3.63) is 18.0 Å². The van der Waals surface area contributed by atoms with Crippen LogP contribution in [0.3, 0.4) is 0 Å². The summed E-state index contributed by atoms with van der Waals surface area (Å²) in [6.45, 7) is 2.82. The van der Waals surface area contributed by atoms with Crippen LogP contribution < -0.4 is 0 Å². The van der Waals surface area contributed by atoms with Crippen LogP contribution in [0.15, 0.2) is 12.3 Å². The normalized spacial score (nSPS) is 25.5. The fourth-order valence-electron chi connectivity index (χ4n) is 3.16. The van der Waals surface area contributed by atoms with Gasteiger partial charge < -0.3 is 10.0 Å². The first-order chi connectivity index (χ1) is 10.4. The van der Waals surface area contributed by atoms with Crippen molar-refractivity contribution in [1.82, 2.24) is 19.6 Å². The Hall–Kier alpha value is -1.54. The van der Waals surface area contributed by atoms with Crippen molar-refractivity contribution in [2.75, 3.05) is 26.2 Å². The molecular formula is C14H20F2N4O2. The summed E-state index contributed by atoms with van der Waals surface area (Å²) in [7, 11) is 0. The predicted molar refractivity (Wildman–Crippen MR) is 74.7 cm³/mol. The second kappa shape index (κ2) is 5.58. The summed E-state index contributed by atoms with van der Waals surface area (Å²) in [4.78, 5) is 15.5. The molecule has 1 N–H and O–H groups in total. The van der Waals surface area contributed by atoms with Gasteiger partial charge in [0.2, 0.25) is 0 Å². The van der Waals surface area contributed by atoms with Gasteiger partial charge in [-0.15, -0.1) is 0 Å². The standard InChI is InChI=1S/C14H20F2N4O2/c1-2-19-4-3-12(17-19)13(22)18-6-11(7-18)20-9-14(15,16)5-10(20)8-21/h3-4,10-11,21H,2,5-9H2,1H3/t10-/m0/s1. The Labute approximate surface area is 127 Å². The van der Waals surface area contributed by atoms with Gasteiger partial charge in [0.1, 0.15) is 5.69 Å². The maximum atomic E-state index is 13.5. The number of carbonyl (C=O) groups excluding carboxylic acids is 1. The van der Waals surface area contributed by atoms with Gasteiger partial charge in [0, 0.05) is 44.3 Å². The number of hydrogen-bond acceptors (Lipinski definition) is 4. The van der Waals surface area contributed by atoms with E-state index in [0.29, 0.717) is 25.3 Å². The molecule has 1 atom stereocenters. The molecule has 1 aromatic rings. The van der Waals surface area contributed by atoms with Gasteiger partial charge in [0.05, 0.1) is 13.2 Å². The third-order valence-corrected chi connectivity index (χ3v) is 4.43. The van der Waals surface area contributed by atoms with Crippen molar-refractivity contribution in [3.8, 4) is 0 Å². The second-order valence-corrected chi connectivity index (χ2v) is 5.99. The molecule has 0 aliphatic carbocycles. The maximum Gasteiger partial charge on any atom is 0.274 e. The Balaban J connectivity index is 1.58. The average molecular weight is 314 g/mol. The van der Waals surface area contributed by atoms with E-state index >= 15 is 0 Å². The summed E-state index contributed by atoms with van der Waals surface area (Å²) in [5, 5.41) is 13.4.